The second-order valence-corrected chi connectivity index (χ2v) is 14.1. The van der Waals surface area contributed by atoms with Crippen molar-refractivity contribution in [2.75, 3.05) is 157 Å². The van der Waals surface area contributed by atoms with Crippen molar-refractivity contribution in [3.63, 3.8) is 0 Å². The Morgan fingerprint density at radius 2 is 1.02 bits per heavy atom. The van der Waals surface area contributed by atoms with E-state index in [4.69, 9.17) is 56.8 Å². The molecule has 1 unspecified atom stereocenters. The van der Waals surface area contributed by atoms with Gasteiger partial charge in [0, 0.05) is 25.5 Å². The summed E-state index contributed by atoms with van der Waals surface area (Å²) in [5, 5.41) is 4.90. The van der Waals surface area contributed by atoms with E-state index in [1.165, 1.54) is 6.07 Å². The number of benzene rings is 1. The average Bonchev–Trinajstić information content (AvgIpc) is 3.55. The third-order valence-electron chi connectivity index (χ3n) is 9.29. The van der Waals surface area contributed by atoms with Gasteiger partial charge in [-0.15, -0.1) is 0 Å². The molecule has 0 aromatic heterocycles. The molecule has 0 bridgehead atoms. The van der Waals surface area contributed by atoms with Crippen LogP contribution in [0.15, 0.2) is 30.9 Å². The van der Waals surface area contributed by atoms with Crippen molar-refractivity contribution in [1.29, 1.82) is 0 Å². The number of anilines is 1. The summed E-state index contributed by atoms with van der Waals surface area (Å²) in [6.45, 7) is 13.3. The molecule has 0 saturated carbocycles. The SMILES string of the molecule is C=CC(=O)OCCOCCOCCOCCOCCOCCOCCOCCOCCOCCOCCOCCCCCC(=O)Nc1cccc2c1C(=O)N(C1CCC(=O)NC1=O)C2=O. The predicted molar refractivity (Wildman–Crippen MR) is 230 cm³/mol. The fraction of sp³-hybridized carbons (Fsp3) is 0.682. The molecule has 366 valence electrons. The summed E-state index contributed by atoms with van der Waals surface area (Å²) < 4.78 is 64.9. The summed E-state index contributed by atoms with van der Waals surface area (Å²) in [6, 6.07) is 3.51. The summed E-state index contributed by atoms with van der Waals surface area (Å²) in [7, 11) is 0. The molecule has 1 atom stereocenters. The minimum absolute atomic E-state index is 0.0241. The number of piperidine rings is 1. The lowest BCUT2D eigenvalue weighted by atomic mass is 10.0. The van der Waals surface area contributed by atoms with Crippen LogP contribution in [-0.4, -0.2) is 198 Å². The summed E-state index contributed by atoms with van der Waals surface area (Å²) in [5.41, 5.74) is 0.369. The van der Waals surface area contributed by atoms with Crippen LogP contribution in [0.1, 0.15) is 59.2 Å². The Morgan fingerprint density at radius 1 is 0.585 bits per heavy atom. The number of nitrogens with zero attached hydrogens (tertiary/aromatic N) is 1. The molecule has 0 radical (unpaired) electrons. The number of hydrogen-bond acceptors (Lipinski definition) is 18. The van der Waals surface area contributed by atoms with E-state index >= 15 is 0 Å². The molecule has 2 aliphatic heterocycles. The molecule has 21 nitrogen and oxygen atoms in total. The van der Waals surface area contributed by atoms with Crippen molar-refractivity contribution >= 4 is 41.2 Å². The highest BCUT2D eigenvalue weighted by molar-refractivity contribution is 6.26. The third kappa shape index (κ3) is 24.2. The number of esters is 1. The maximum Gasteiger partial charge on any atom is 0.330 e. The molecule has 2 heterocycles. The van der Waals surface area contributed by atoms with Crippen molar-refractivity contribution in [2.24, 2.45) is 0 Å². The number of fused-ring (bicyclic) bond motifs is 1. The summed E-state index contributed by atoms with van der Waals surface area (Å²) in [5.74, 6) is -3.21. The number of unbranched alkanes of at least 4 members (excludes halogenated alkanes) is 2. The predicted octanol–water partition coefficient (Wildman–Crippen LogP) is 1.50. The summed E-state index contributed by atoms with van der Waals surface area (Å²) in [4.78, 5) is 74.5. The van der Waals surface area contributed by atoms with Crippen LogP contribution < -0.4 is 10.6 Å². The molecule has 1 aromatic carbocycles. The number of imide groups is 2. The van der Waals surface area contributed by atoms with Crippen molar-refractivity contribution in [2.45, 2.75) is 44.6 Å². The van der Waals surface area contributed by atoms with Crippen LogP contribution in [0.25, 0.3) is 0 Å². The molecule has 1 aromatic rings. The molecule has 0 spiro atoms. The van der Waals surface area contributed by atoms with E-state index in [2.05, 4.69) is 17.2 Å². The van der Waals surface area contributed by atoms with E-state index in [1.54, 1.807) is 12.1 Å². The summed E-state index contributed by atoms with van der Waals surface area (Å²) in [6.07, 6.45) is 3.52. The average molecular weight is 926 g/mol. The standard InChI is InChI=1S/C44H67N3O18/c1-2-40(50)65-34-33-64-32-31-63-30-29-62-28-27-61-26-25-60-24-23-59-22-21-58-20-19-57-18-17-56-16-15-55-14-13-54-12-5-3-4-9-38(48)45-36-8-6-7-35-41(36)44(53)47(43(35)52)37-10-11-39(49)46-42(37)51/h2,6-8,37H,1,3-5,9-34H2,(H,45,48)(H,46,49,51). The highest BCUT2D eigenvalue weighted by atomic mass is 16.6. The number of rotatable bonds is 42. The van der Waals surface area contributed by atoms with E-state index in [0.717, 1.165) is 23.8 Å². The van der Waals surface area contributed by atoms with Crippen LogP contribution >= 0.6 is 0 Å². The van der Waals surface area contributed by atoms with Crippen LogP contribution in [0.5, 0.6) is 0 Å². The minimum Gasteiger partial charge on any atom is -0.460 e. The zero-order valence-corrected chi connectivity index (χ0v) is 37.4. The van der Waals surface area contributed by atoms with Crippen LogP contribution in [0.3, 0.4) is 0 Å². The van der Waals surface area contributed by atoms with Gasteiger partial charge >= 0.3 is 5.97 Å². The van der Waals surface area contributed by atoms with Gasteiger partial charge in [0.2, 0.25) is 17.7 Å². The molecule has 65 heavy (non-hydrogen) atoms. The van der Waals surface area contributed by atoms with Gasteiger partial charge in [-0.2, -0.15) is 0 Å². The van der Waals surface area contributed by atoms with E-state index in [-0.39, 0.29) is 48.6 Å². The number of nitrogens with one attached hydrogen (secondary N) is 2. The van der Waals surface area contributed by atoms with Gasteiger partial charge in [0.15, 0.2) is 0 Å². The lowest BCUT2D eigenvalue weighted by Gasteiger charge is -2.27. The topological polar surface area (TPSA) is 240 Å². The van der Waals surface area contributed by atoms with E-state index in [0.29, 0.717) is 152 Å². The Balaban J connectivity index is 0.974. The van der Waals surface area contributed by atoms with Gasteiger partial charge < -0.3 is 62.2 Å². The maximum atomic E-state index is 13.2. The first-order valence-corrected chi connectivity index (χ1v) is 22.1. The van der Waals surface area contributed by atoms with E-state index in [1.807, 2.05) is 0 Å². The number of amides is 5. The van der Waals surface area contributed by atoms with E-state index < -0.39 is 35.6 Å². The molecule has 0 aliphatic carbocycles. The molecule has 5 amide bonds. The van der Waals surface area contributed by atoms with Crippen LogP contribution in [-0.2, 0) is 76.0 Å². The zero-order chi connectivity index (χ0) is 46.6. The molecular formula is C44H67N3O18. The normalized spacial score (nSPS) is 14.8. The Hall–Kier alpha value is -4.26. The molecular weight excluding hydrogens is 858 g/mol. The first-order valence-electron chi connectivity index (χ1n) is 22.1. The lowest BCUT2D eigenvalue weighted by molar-refractivity contribution is -0.139. The molecule has 2 N–H and O–H groups in total. The number of ether oxygens (including phenoxy) is 12. The molecule has 21 heteroatoms. The molecule has 2 aliphatic rings. The fourth-order valence-corrected chi connectivity index (χ4v) is 6.06. The van der Waals surface area contributed by atoms with Gasteiger partial charge in [-0.3, -0.25) is 34.2 Å². The van der Waals surface area contributed by atoms with Gasteiger partial charge in [0.1, 0.15) is 12.6 Å². The first kappa shape index (κ1) is 55.1. The maximum absolute atomic E-state index is 13.2. The fourth-order valence-electron chi connectivity index (χ4n) is 6.06. The Kier molecular flexibility index (Phi) is 30.4. The van der Waals surface area contributed by atoms with Gasteiger partial charge in [-0.1, -0.05) is 19.1 Å². The number of hydrogen-bond donors (Lipinski definition) is 2. The van der Waals surface area contributed by atoms with Crippen molar-refractivity contribution in [3.05, 3.63) is 42.0 Å². The number of carbonyl (C=O) groups excluding carboxylic acids is 6. The molecule has 3 rings (SSSR count). The van der Waals surface area contributed by atoms with Gasteiger partial charge in [0.25, 0.3) is 11.8 Å². The largest absolute Gasteiger partial charge is 0.460 e. The zero-order valence-electron chi connectivity index (χ0n) is 37.4. The quantitative estimate of drug-likeness (QED) is 0.0409. The Labute approximate surface area is 380 Å². The van der Waals surface area contributed by atoms with Gasteiger partial charge in [-0.05, 0) is 31.4 Å². The Bertz CT molecular complexity index is 1560. The second-order valence-electron chi connectivity index (χ2n) is 14.1. The van der Waals surface area contributed by atoms with Crippen LogP contribution in [0, 0.1) is 0 Å². The van der Waals surface area contributed by atoms with E-state index in [9.17, 15) is 28.8 Å². The number of carbonyl (C=O) groups is 6. The Morgan fingerprint density at radius 3 is 1.45 bits per heavy atom. The minimum atomic E-state index is -1.08. The lowest BCUT2D eigenvalue weighted by Crippen LogP contribution is -2.54. The highest BCUT2D eigenvalue weighted by Crippen LogP contribution is 2.32. The first-order chi connectivity index (χ1) is 31.8. The van der Waals surface area contributed by atoms with Crippen molar-refractivity contribution < 1.29 is 85.6 Å². The monoisotopic (exact) mass is 925 g/mol. The van der Waals surface area contributed by atoms with Gasteiger partial charge in [-0.25, -0.2) is 4.79 Å². The smallest absolute Gasteiger partial charge is 0.330 e. The van der Waals surface area contributed by atoms with Crippen LogP contribution in [0.2, 0.25) is 0 Å². The van der Waals surface area contributed by atoms with Gasteiger partial charge in [0.05, 0.1) is 156 Å². The van der Waals surface area contributed by atoms with Crippen molar-refractivity contribution in [1.82, 2.24) is 10.2 Å². The second kappa shape index (κ2) is 35.9. The molecule has 1 fully saturated rings. The highest BCUT2D eigenvalue weighted by Gasteiger charge is 2.45. The summed E-state index contributed by atoms with van der Waals surface area (Å²) >= 11 is 0. The third-order valence-corrected chi connectivity index (χ3v) is 9.29. The van der Waals surface area contributed by atoms with Crippen LogP contribution in [0.4, 0.5) is 5.69 Å². The molecule has 1 saturated heterocycles. The van der Waals surface area contributed by atoms with Crippen molar-refractivity contribution in [3.8, 4) is 0 Å².